The Balaban J connectivity index is 1.26. The summed E-state index contributed by atoms with van der Waals surface area (Å²) in [5, 5.41) is 5.50. The molecular weight excluding hydrogens is 410 g/mol. The number of primary amides is 1. The molecular formula is C23H25N5O2S. The first-order chi connectivity index (χ1) is 15.0. The monoisotopic (exact) mass is 435 g/mol. The Hall–Kier alpha value is -3.23. The molecule has 2 heterocycles. The topological polar surface area (TPSA) is 91.6 Å². The Morgan fingerprint density at radius 1 is 1.03 bits per heavy atom. The predicted molar refractivity (Wildman–Crippen MR) is 125 cm³/mol. The van der Waals surface area contributed by atoms with Gasteiger partial charge in [-0.05, 0) is 31.2 Å². The van der Waals surface area contributed by atoms with Gasteiger partial charge in [-0.3, -0.25) is 14.5 Å². The van der Waals surface area contributed by atoms with Gasteiger partial charge < -0.3 is 16.0 Å². The summed E-state index contributed by atoms with van der Waals surface area (Å²) < 4.78 is 0. The van der Waals surface area contributed by atoms with E-state index in [1.165, 1.54) is 16.9 Å². The van der Waals surface area contributed by atoms with Gasteiger partial charge in [0.15, 0.2) is 5.13 Å². The van der Waals surface area contributed by atoms with Gasteiger partial charge in [-0.15, -0.1) is 11.3 Å². The third kappa shape index (κ3) is 5.28. The summed E-state index contributed by atoms with van der Waals surface area (Å²) in [6.07, 6.45) is 0. The molecule has 1 saturated heterocycles. The third-order valence-electron chi connectivity index (χ3n) is 5.35. The second kappa shape index (κ2) is 9.28. The van der Waals surface area contributed by atoms with Crippen LogP contribution in [0.3, 0.4) is 0 Å². The molecule has 0 atom stereocenters. The summed E-state index contributed by atoms with van der Waals surface area (Å²) in [5.41, 5.74) is 9.98. The highest BCUT2D eigenvalue weighted by molar-refractivity contribution is 7.14. The van der Waals surface area contributed by atoms with Gasteiger partial charge in [0.25, 0.3) is 0 Å². The molecule has 3 aromatic rings. The molecule has 0 aliphatic carbocycles. The average Bonchev–Trinajstić information content (AvgIpc) is 3.23. The molecule has 1 aliphatic rings. The number of anilines is 2. The van der Waals surface area contributed by atoms with Crippen LogP contribution in [0.2, 0.25) is 0 Å². The maximum absolute atomic E-state index is 12.5. The lowest BCUT2D eigenvalue weighted by molar-refractivity contribution is -0.117. The van der Waals surface area contributed by atoms with Crippen LogP contribution in [0.5, 0.6) is 0 Å². The van der Waals surface area contributed by atoms with Gasteiger partial charge in [-0.1, -0.05) is 29.8 Å². The van der Waals surface area contributed by atoms with Gasteiger partial charge in [0.1, 0.15) is 0 Å². The molecule has 2 aromatic carbocycles. The molecule has 1 fully saturated rings. The summed E-state index contributed by atoms with van der Waals surface area (Å²) in [6, 6.07) is 15.5. The number of nitrogens with zero attached hydrogens (tertiary/aromatic N) is 3. The summed E-state index contributed by atoms with van der Waals surface area (Å²) in [5.74, 6) is -0.474. The number of piperazine rings is 1. The lowest BCUT2D eigenvalue weighted by Crippen LogP contribution is -2.48. The van der Waals surface area contributed by atoms with Gasteiger partial charge in [-0.25, -0.2) is 4.98 Å². The van der Waals surface area contributed by atoms with Crippen molar-refractivity contribution in [3.8, 4) is 11.3 Å². The fraction of sp³-hybridized carbons (Fsp3) is 0.261. The van der Waals surface area contributed by atoms with Crippen molar-refractivity contribution in [1.29, 1.82) is 0 Å². The van der Waals surface area contributed by atoms with Gasteiger partial charge >= 0.3 is 0 Å². The summed E-state index contributed by atoms with van der Waals surface area (Å²) in [7, 11) is 0. The van der Waals surface area contributed by atoms with Crippen molar-refractivity contribution in [2.24, 2.45) is 5.73 Å². The standard InChI is InChI=1S/C23H25N5O2S/c1-16-2-4-17(5-3-16)20-15-31-23(25-20)26-21(29)14-27-10-12-28(13-11-27)19-8-6-18(7-9-19)22(24)30/h2-9,15H,10-14H2,1H3,(H2,24,30)(H,25,26,29). The highest BCUT2D eigenvalue weighted by atomic mass is 32.1. The fourth-order valence-electron chi connectivity index (χ4n) is 3.55. The van der Waals surface area contributed by atoms with E-state index in [0.717, 1.165) is 43.1 Å². The minimum Gasteiger partial charge on any atom is -0.369 e. The molecule has 1 aliphatic heterocycles. The Labute approximate surface area is 185 Å². The van der Waals surface area contributed by atoms with Crippen molar-refractivity contribution < 1.29 is 9.59 Å². The number of hydrogen-bond acceptors (Lipinski definition) is 6. The molecule has 1 aromatic heterocycles. The molecule has 0 saturated carbocycles. The zero-order valence-corrected chi connectivity index (χ0v) is 18.2. The van der Waals surface area contributed by atoms with E-state index in [2.05, 4.69) is 39.2 Å². The molecule has 8 heteroatoms. The van der Waals surface area contributed by atoms with E-state index in [1.54, 1.807) is 12.1 Å². The van der Waals surface area contributed by atoms with Crippen LogP contribution in [0.25, 0.3) is 11.3 Å². The third-order valence-corrected chi connectivity index (χ3v) is 6.11. The molecule has 0 radical (unpaired) electrons. The van der Waals surface area contributed by atoms with Crippen LogP contribution in [-0.2, 0) is 4.79 Å². The Kier molecular flexibility index (Phi) is 6.29. The molecule has 4 rings (SSSR count). The zero-order valence-electron chi connectivity index (χ0n) is 17.4. The Morgan fingerprint density at radius 2 is 1.71 bits per heavy atom. The van der Waals surface area contributed by atoms with Crippen molar-refractivity contribution in [2.45, 2.75) is 6.92 Å². The van der Waals surface area contributed by atoms with E-state index < -0.39 is 5.91 Å². The zero-order chi connectivity index (χ0) is 21.8. The van der Waals surface area contributed by atoms with Gasteiger partial charge in [0.05, 0.1) is 12.2 Å². The largest absolute Gasteiger partial charge is 0.369 e. The second-order valence-electron chi connectivity index (χ2n) is 7.63. The summed E-state index contributed by atoms with van der Waals surface area (Å²) >= 11 is 1.44. The van der Waals surface area contributed by atoms with E-state index in [9.17, 15) is 9.59 Å². The maximum atomic E-state index is 12.5. The number of carbonyl (C=O) groups is 2. The van der Waals surface area contributed by atoms with Crippen molar-refractivity contribution >= 4 is 34.0 Å². The number of amides is 2. The predicted octanol–water partition coefficient (Wildman–Crippen LogP) is 2.98. The van der Waals surface area contributed by atoms with Crippen molar-refractivity contribution in [3.63, 3.8) is 0 Å². The van der Waals surface area contributed by atoms with E-state index in [0.29, 0.717) is 17.2 Å². The van der Waals surface area contributed by atoms with Gasteiger partial charge in [-0.2, -0.15) is 0 Å². The number of aryl methyl sites for hydroxylation is 1. The molecule has 0 spiro atoms. The highest BCUT2D eigenvalue weighted by Crippen LogP contribution is 2.25. The number of rotatable bonds is 6. The van der Waals surface area contributed by atoms with Crippen LogP contribution < -0.4 is 16.0 Å². The maximum Gasteiger partial charge on any atom is 0.248 e. The number of aromatic nitrogens is 1. The lowest BCUT2D eigenvalue weighted by Gasteiger charge is -2.35. The van der Waals surface area contributed by atoms with Crippen molar-refractivity contribution in [2.75, 3.05) is 42.9 Å². The van der Waals surface area contributed by atoms with Crippen LogP contribution in [0, 0.1) is 6.92 Å². The fourth-order valence-corrected chi connectivity index (χ4v) is 4.29. The Morgan fingerprint density at radius 3 is 2.35 bits per heavy atom. The summed E-state index contributed by atoms with van der Waals surface area (Å²) in [4.78, 5) is 32.6. The van der Waals surface area contributed by atoms with E-state index >= 15 is 0 Å². The SMILES string of the molecule is Cc1ccc(-c2csc(NC(=O)CN3CCN(c4ccc(C(N)=O)cc4)CC3)n2)cc1. The molecule has 2 amide bonds. The number of nitrogens with two attached hydrogens (primary N) is 1. The number of benzene rings is 2. The highest BCUT2D eigenvalue weighted by Gasteiger charge is 2.20. The average molecular weight is 436 g/mol. The number of thiazole rings is 1. The molecule has 7 nitrogen and oxygen atoms in total. The van der Waals surface area contributed by atoms with Crippen LogP contribution in [0.15, 0.2) is 53.9 Å². The quantitative estimate of drug-likeness (QED) is 0.621. The van der Waals surface area contributed by atoms with Crippen LogP contribution in [-0.4, -0.2) is 54.4 Å². The van der Waals surface area contributed by atoms with Crippen LogP contribution in [0.4, 0.5) is 10.8 Å². The molecule has 31 heavy (non-hydrogen) atoms. The normalized spacial score (nSPS) is 14.4. The van der Waals surface area contributed by atoms with Crippen molar-refractivity contribution in [3.05, 3.63) is 65.0 Å². The van der Waals surface area contributed by atoms with Gasteiger partial charge in [0.2, 0.25) is 11.8 Å². The number of nitrogens with one attached hydrogen (secondary N) is 1. The minimum atomic E-state index is -0.423. The first-order valence-corrected chi connectivity index (χ1v) is 11.1. The van der Waals surface area contributed by atoms with E-state index in [4.69, 9.17) is 5.73 Å². The number of carbonyl (C=O) groups excluding carboxylic acids is 2. The summed E-state index contributed by atoms with van der Waals surface area (Å²) in [6.45, 7) is 5.61. The molecule has 160 valence electrons. The van der Waals surface area contributed by atoms with Crippen LogP contribution >= 0.6 is 11.3 Å². The van der Waals surface area contributed by atoms with Crippen LogP contribution in [0.1, 0.15) is 15.9 Å². The van der Waals surface area contributed by atoms with Gasteiger partial charge in [0, 0.05) is 48.4 Å². The molecule has 0 unspecified atom stereocenters. The first-order valence-electron chi connectivity index (χ1n) is 10.2. The molecule has 0 bridgehead atoms. The first kappa shape index (κ1) is 21.0. The minimum absolute atomic E-state index is 0.0518. The smallest absolute Gasteiger partial charge is 0.248 e. The Bertz CT molecular complexity index is 1050. The van der Waals surface area contributed by atoms with E-state index in [1.807, 2.05) is 29.6 Å². The number of hydrogen-bond donors (Lipinski definition) is 2. The second-order valence-corrected chi connectivity index (χ2v) is 8.48. The molecule has 3 N–H and O–H groups in total. The van der Waals surface area contributed by atoms with Crippen molar-refractivity contribution in [1.82, 2.24) is 9.88 Å². The lowest BCUT2D eigenvalue weighted by atomic mass is 10.1. The van der Waals surface area contributed by atoms with E-state index in [-0.39, 0.29) is 5.91 Å².